The van der Waals surface area contributed by atoms with Crippen LogP contribution >= 0.6 is 11.5 Å². The van der Waals surface area contributed by atoms with Gasteiger partial charge in [-0.3, -0.25) is 4.79 Å². The minimum absolute atomic E-state index is 0.123. The normalized spacial score (nSPS) is 9.88. The summed E-state index contributed by atoms with van der Waals surface area (Å²) in [6, 6.07) is 2.98. The van der Waals surface area contributed by atoms with Crippen molar-refractivity contribution in [3.63, 3.8) is 0 Å². The molecule has 0 saturated carbocycles. The van der Waals surface area contributed by atoms with Gasteiger partial charge in [0.05, 0.1) is 5.69 Å². The highest BCUT2D eigenvalue weighted by molar-refractivity contribution is 7.03. The summed E-state index contributed by atoms with van der Waals surface area (Å²) >= 11 is 1.04. The molecule has 0 aromatic carbocycles. The summed E-state index contributed by atoms with van der Waals surface area (Å²) in [6.45, 7) is 0. The fourth-order valence-corrected chi connectivity index (χ4v) is 1.56. The molecule has 0 aliphatic carbocycles. The van der Waals surface area contributed by atoms with Crippen LogP contribution in [-0.4, -0.2) is 31.6 Å². The van der Waals surface area contributed by atoms with Crippen molar-refractivity contribution in [1.29, 1.82) is 0 Å². The number of rotatable bonds is 3. The van der Waals surface area contributed by atoms with Crippen LogP contribution in [0.4, 0.5) is 5.69 Å². The standard InChI is InChI=1S/C9H6N4O3S/c14-8(6-4-17-13-12-6)11-5-2-1-3-10-7(5)9(15)16/h1-4H,(H,11,14)(H,15,16). The lowest BCUT2D eigenvalue weighted by molar-refractivity contribution is 0.0692. The molecule has 2 aromatic rings. The second-order valence-corrected chi connectivity index (χ2v) is 3.56. The summed E-state index contributed by atoms with van der Waals surface area (Å²) in [5.74, 6) is -1.73. The zero-order valence-corrected chi connectivity index (χ0v) is 9.14. The molecule has 2 aromatic heterocycles. The first kappa shape index (κ1) is 11.1. The van der Waals surface area contributed by atoms with Crippen molar-refractivity contribution in [3.05, 3.63) is 35.1 Å². The number of carboxylic acid groups (broad SMARTS) is 1. The van der Waals surface area contributed by atoms with Gasteiger partial charge in [0.25, 0.3) is 5.91 Å². The number of aromatic carboxylic acids is 1. The van der Waals surface area contributed by atoms with Crippen molar-refractivity contribution >= 4 is 29.1 Å². The largest absolute Gasteiger partial charge is 0.476 e. The molecule has 8 heteroatoms. The minimum Gasteiger partial charge on any atom is -0.476 e. The van der Waals surface area contributed by atoms with Crippen molar-refractivity contribution in [1.82, 2.24) is 14.6 Å². The van der Waals surface area contributed by atoms with Gasteiger partial charge in [-0.25, -0.2) is 9.78 Å². The molecule has 2 N–H and O–H groups in total. The van der Waals surface area contributed by atoms with Crippen LogP contribution in [0.2, 0.25) is 0 Å². The maximum Gasteiger partial charge on any atom is 0.356 e. The van der Waals surface area contributed by atoms with Crippen LogP contribution < -0.4 is 5.32 Å². The minimum atomic E-state index is -1.21. The average Bonchev–Trinajstić information content (AvgIpc) is 2.83. The summed E-state index contributed by atoms with van der Waals surface area (Å²) in [7, 11) is 0. The van der Waals surface area contributed by atoms with E-state index in [9.17, 15) is 9.59 Å². The van der Waals surface area contributed by atoms with Crippen molar-refractivity contribution in [3.8, 4) is 0 Å². The summed E-state index contributed by atoms with van der Waals surface area (Å²) in [5, 5.41) is 16.3. The summed E-state index contributed by atoms with van der Waals surface area (Å²) < 4.78 is 3.54. The van der Waals surface area contributed by atoms with E-state index >= 15 is 0 Å². The summed E-state index contributed by atoms with van der Waals surface area (Å²) in [5.41, 5.74) is 0.0391. The van der Waals surface area contributed by atoms with Gasteiger partial charge in [0.15, 0.2) is 11.4 Å². The molecule has 0 saturated heterocycles. The Kier molecular flexibility index (Phi) is 3.06. The van der Waals surface area contributed by atoms with E-state index in [1.54, 1.807) is 0 Å². The summed E-state index contributed by atoms with van der Waals surface area (Å²) in [6.07, 6.45) is 1.34. The van der Waals surface area contributed by atoms with E-state index < -0.39 is 11.9 Å². The van der Waals surface area contributed by atoms with Gasteiger partial charge in [-0.15, -0.1) is 5.10 Å². The van der Waals surface area contributed by atoms with E-state index in [1.165, 1.54) is 23.7 Å². The lowest BCUT2D eigenvalue weighted by Crippen LogP contribution is -2.16. The Morgan fingerprint density at radius 1 is 1.41 bits per heavy atom. The molecule has 0 spiro atoms. The highest BCUT2D eigenvalue weighted by Gasteiger charge is 2.15. The van der Waals surface area contributed by atoms with E-state index in [0.29, 0.717) is 0 Å². The quantitative estimate of drug-likeness (QED) is 0.837. The highest BCUT2D eigenvalue weighted by atomic mass is 32.1. The molecule has 0 atom stereocenters. The number of carboxylic acids is 1. The molecule has 2 heterocycles. The number of hydrogen-bond acceptors (Lipinski definition) is 6. The number of carbonyl (C=O) groups is 2. The topological polar surface area (TPSA) is 105 Å². The molecule has 0 radical (unpaired) electrons. The summed E-state index contributed by atoms with van der Waals surface area (Å²) in [4.78, 5) is 26.1. The van der Waals surface area contributed by atoms with Crippen molar-refractivity contribution < 1.29 is 14.7 Å². The van der Waals surface area contributed by atoms with Crippen LogP contribution in [-0.2, 0) is 0 Å². The van der Waals surface area contributed by atoms with Crippen LogP contribution in [0.15, 0.2) is 23.7 Å². The molecule has 0 fully saturated rings. The van der Waals surface area contributed by atoms with E-state index in [0.717, 1.165) is 11.5 Å². The Morgan fingerprint density at radius 3 is 2.88 bits per heavy atom. The average molecular weight is 250 g/mol. The SMILES string of the molecule is O=C(Nc1cccnc1C(=O)O)c1csnn1. The smallest absolute Gasteiger partial charge is 0.356 e. The zero-order chi connectivity index (χ0) is 12.3. The predicted octanol–water partition coefficient (Wildman–Crippen LogP) is 0.884. The van der Waals surface area contributed by atoms with E-state index in [-0.39, 0.29) is 17.1 Å². The maximum absolute atomic E-state index is 11.6. The van der Waals surface area contributed by atoms with Gasteiger partial charge >= 0.3 is 5.97 Å². The van der Waals surface area contributed by atoms with Gasteiger partial charge in [0.2, 0.25) is 0 Å². The fraction of sp³-hybridized carbons (Fsp3) is 0. The van der Waals surface area contributed by atoms with E-state index in [2.05, 4.69) is 19.9 Å². The molecular formula is C9H6N4O3S. The van der Waals surface area contributed by atoms with Gasteiger partial charge < -0.3 is 10.4 Å². The van der Waals surface area contributed by atoms with Gasteiger partial charge in [0, 0.05) is 11.6 Å². The Hall–Kier alpha value is -2.35. The number of aromatic nitrogens is 3. The second kappa shape index (κ2) is 4.66. The molecule has 1 amide bonds. The molecule has 2 rings (SSSR count). The van der Waals surface area contributed by atoms with Crippen molar-refractivity contribution in [2.75, 3.05) is 5.32 Å². The van der Waals surface area contributed by atoms with E-state index in [4.69, 9.17) is 5.11 Å². The van der Waals surface area contributed by atoms with Gasteiger partial charge in [0.1, 0.15) is 0 Å². The van der Waals surface area contributed by atoms with Crippen molar-refractivity contribution in [2.45, 2.75) is 0 Å². The first-order valence-electron chi connectivity index (χ1n) is 4.45. The van der Waals surface area contributed by atoms with E-state index in [1.807, 2.05) is 0 Å². The lowest BCUT2D eigenvalue weighted by Gasteiger charge is -2.05. The molecule has 17 heavy (non-hydrogen) atoms. The molecule has 86 valence electrons. The molecule has 0 bridgehead atoms. The van der Waals surface area contributed by atoms with Crippen LogP contribution in [0.3, 0.4) is 0 Å². The number of nitrogens with one attached hydrogen (secondary N) is 1. The van der Waals surface area contributed by atoms with Gasteiger partial charge in [-0.05, 0) is 23.7 Å². The van der Waals surface area contributed by atoms with Crippen LogP contribution in [0.5, 0.6) is 0 Å². The number of anilines is 1. The number of amides is 1. The Bertz CT molecular complexity index is 555. The molecule has 0 aliphatic heterocycles. The van der Waals surface area contributed by atoms with Crippen molar-refractivity contribution in [2.24, 2.45) is 0 Å². The number of pyridine rings is 1. The van der Waals surface area contributed by atoms with Gasteiger partial charge in [-0.1, -0.05) is 4.49 Å². The Balaban J connectivity index is 2.25. The Labute approximate surface area is 99.3 Å². The van der Waals surface area contributed by atoms with Gasteiger partial charge in [-0.2, -0.15) is 0 Å². The maximum atomic E-state index is 11.6. The molecule has 0 aliphatic rings. The second-order valence-electron chi connectivity index (χ2n) is 2.95. The first-order chi connectivity index (χ1) is 8.18. The van der Waals surface area contributed by atoms with Crippen LogP contribution in [0, 0.1) is 0 Å². The lowest BCUT2D eigenvalue weighted by atomic mass is 10.3. The van der Waals surface area contributed by atoms with Crippen LogP contribution in [0.1, 0.15) is 21.0 Å². The highest BCUT2D eigenvalue weighted by Crippen LogP contribution is 2.13. The predicted molar refractivity (Wildman–Crippen MR) is 59.1 cm³/mol. The first-order valence-corrected chi connectivity index (χ1v) is 5.29. The third kappa shape index (κ3) is 2.42. The monoisotopic (exact) mass is 250 g/mol. The van der Waals surface area contributed by atoms with Crippen LogP contribution in [0.25, 0.3) is 0 Å². The third-order valence-electron chi connectivity index (χ3n) is 1.85. The molecule has 0 unspecified atom stereocenters. The third-order valence-corrected chi connectivity index (χ3v) is 2.36. The number of nitrogens with zero attached hydrogens (tertiary/aromatic N) is 3. The Morgan fingerprint density at radius 2 is 2.24 bits per heavy atom. The fourth-order valence-electron chi connectivity index (χ4n) is 1.13. The molecular weight excluding hydrogens is 244 g/mol. The molecule has 7 nitrogen and oxygen atoms in total. The number of hydrogen-bond donors (Lipinski definition) is 2. The number of carbonyl (C=O) groups excluding carboxylic acids is 1. The zero-order valence-electron chi connectivity index (χ0n) is 8.32.